The predicted octanol–water partition coefficient (Wildman–Crippen LogP) is 4.67. The van der Waals surface area contributed by atoms with Gasteiger partial charge in [0.25, 0.3) is 0 Å². The Morgan fingerprint density at radius 1 is 0.892 bits per heavy atom. The summed E-state index contributed by atoms with van der Waals surface area (Å²) in [5.41, 5.74) is 3.31. The van der Waals surface area contributed by atoms with Crippen LogP contribution in [0.15, 0.2) is 18.2 Å². The number of esters is 3. The third-order valence-electron chi connectivity index (χ3n) is 5.49. The van der Waals surface area contributed by atoms with Crippen LogP contribution in [-0.2, 0) is 30.3 Å². The Bertz CT molecular complexity index is 987. The molecule has 9 nitrogen and oxygen atoms in total. The van der Waals surface area contributed by atoms with E-state index in [1.54, 1.807) is 54.5 Å². The van der Waals surface area contributed by atoms with E-state index < -0.39 is 46.4 Å². The maximum atomic E-state index is 12.6. The van der Waals surface area contributed by atoms with Crippen molar-refractivity contribution < 1.29 is 38.5 Å². The number of carbonyl (C=O) groups excluding carboxylic acids is 3. The fourth-order valence-electron chi connectivity index (χ4n) is 3.18. The van der Waals surface area contributed by atoms with Crippen molar-refractivity contribution in [3.63, 3.8) is 0 Å². The van der Waals surface area contributed by atoms with Gasteiger partial charge in [-0.3, -0.25) is 19.2 Å². The zero-order valence-electron chi connectivity index (χ0n) is 23.6. The zero-order chi connectivity index (χ0) is 28.8. The number of rotatable bonds is 11. The van der Waals surface area contributed by atoms with Crippen LogP contribution >= 0.6 is 0 Å². The summed E-state index contributed by atoms with van der Waals surface area (Å²) in [7, 11) is 0. The Kier molecular flexibility index (Phi) is 10.9. The van der Waals surface area contributed by atoms with Gasteiger partial charge in [0.2, 0.25) is 0 Å². The third-order valence-corrected chi connectivity index (χ3v) is 5.49. The second kappa shape index (κ2) is 12.5. The lowest BCUT2D eigenvalue weighted by Gasteiger charge is -2.28. The van der Waals surface area contributed by atoms with E-state index in [9.17, 15) is 24.3 Å². The molecule has 0 radical (unpaired) electrons. The smallest absolute Gasteiger partial charge is 0.324 e. The van der Waals surface area contributed by atoms with E-state index in [4.69, 9.17) is 19.9 Å². The van der Waals surface area contributed by atoms with E-state index >= 15 is 0 Å². The lowest BCUT2D eigenvalue weighted by molar-refractivity contribution is -0.153. The first-order valence-corrected chi connectivity index (χ1v) is 12.5. The molecular formula is C28H43NO8. The van der Waals surface area contributed by atoms with Crippen LogP contribution in [0.1, 0.15) is 87.1 Å². The lowest BCUT2D eigenvalue weighted by Crippen LogP contribution is -2.52. The first kappa shape index (κ1) is 32.1. The highest BCUT2D eigenvalue weighted by Gasteiger charge is 2.37. The van der Waals surface area contributed by atoms with Crippen molar-refractivity contribution in [2.24, 2.45) is 22.5 Å². The molecule has 1 aromatic carbocycles. The summed E-state index contributed by atoms with van der Waals surface area (Å²) >= 11 is 0. The first-order chi connectivity index (χ1) is 16.7. The second-order valence-corrected chi connectivity index (χ2v) is 12.1. The summed E-state index contributed by atoms with van der Waals surface area (Å²) in [4.78, 5) is 49.3. The molecule has 1 rings (SSSR count). The molecule has 2 atom stereocenters. The van der Waals surface area contributed by atoms with Gasteiger partial charge >= 0.3 is 23.9 Å². The van der Waals surface area contributed by atoms with Crippen LogP contribution < -0.4 is 15.2 Å². The van der Waals surface area contributed by atoms with E-state index in [1.165, 1.54) is 12.1 Å². The highest BCUT2D eigenvalue weighted by Crippen LogP contribution is 2.34. The van der Waals surface area contributed by atoms with Gasteiger partial charge < -0.3 is 25.1 Å². The Hall–Kier alpha value is -2.94. The van der Waals surface area contributed by atoms with Crippen molar-refractivity contribution in [2.75, 3.05) is 0 Å². The van der Waals surface area contributed by atoms with Crippen LogP contribution in [0.4, 0.5) is 0 Å². The van der Waals surface area contributed by atoms with Gasteiger partial charge in [0.1, 0.15) is 11.6 Å². The summed E-state index contributed by atoms with van der Waals surface area (Å²) < 4.78 is 16.4. The number of hydrogen-bond donors (Lipinski definition) is 2. The topological polar surface area (TPSA) is 142 Å². The minimum Gasteiger partial charge on any atom is -0.480 e. The normalized spacial score (nSPS) is 14.5. The molecular weight excluding hydrogens is 478 g/mol. The summed E-state index contributed by atoms with van der Waals surface area (Å²) in [6.45, 7) is 15.7. The standard InChI is InChI=1S/C28H43NO8/c1-17(2)10-13-22(30)35-18(3)15-28(29,23(31)32)16-19-11-12-20(36-24(33)26(4,5)6)21(14-19)37-25(34)27(7,8)9/h11-12,14,17-18H,10,13,15-16,29H2,1-9H3,(H,31,32)/t18-,28?/m0/s1. The molecule has 0 heterocycles. The molecule has 0 bridgehead atoms. The van der Waals surface area contributed by atoms with Crippen LogP contribution in [0.25, 0.3) is 0 Å². The molecule has 0 aromatic heterocycles. The average Bonchev–Trinajstić information content (AvgIpc) is 2.72. The monoisotopic (exact) mass is 521 g/mol. The maximum Gasteiger partial charge on any atom is 0.324 e. The summed E-state index contributed by atoms with van der Waals surface area (Å²) in [5, 5.41) is 9.92. The fraction of sp³-hybridized carbons (Fsp3) is 0.643. The van der Waals surface area contributed by atoms with Crippen LogP contribution in [0, 0.1) is 16.7 Å². The van der Waals surface area contributed by atoms with Crippen molar-refractivity contribution in [3.05, 3.63) is 23.8 Å². The SMILES string of the molecule is CC(C)CCC(=O)O[C@@H](C)CC(N)(Cc1ccc(OC(=O)C(C)(C)C)c(OC(=O)C(C)(C)C)c1)C(=O)O. The summed E-state index contributed by atoms with van der Waals surface area (Å²) in [6, 6.07) is 4.45. The molecule has 208 valence electrons. The number of nitrogens with two attached hydrogens (primary N) is 1. The fourth-order valence-corrected chi connectivity index (χ4v) is 3.18. The highest BCUT2D eigenvalue weighted by atomic mass is 16.6. The van der Waals surface area contributed by atoms with Crippen molar-refractivity contribution in [1.82, 2.24) is 0 Å². The maximum absolute atomic E-state index is 12.6. The number of ether oxygens (including phenoxy) is 3. The number of hydrogen-bond acceptors (Lipinski definition) is 8. The molecule has 1 unspecified atom stereocenters. The van der Waals surface area contributed by atoms with Gasteiger partial charge in [-0.15, -0.1) is 0 Å². The van der Waals surface area contributed by atoms with Crippen molar-refractivity contribution in [3.8, 4) is 11.5 Å². The minimum absolute atomic E-state index is 0.0177. The molecule has 0 saturated carbocycles. The first-order valence-electron chi connectivity index (χ1n) is 12.5. The Morgan fingerprint density at radius 2 is 1.41 bits per heavy atom. The third kappa shape index (κ3) is 10.5. The highest BCUT2D eigenvalue weighted by molar-refractivity contribution is 5.82. The number of benzene rings is 1. The quantitative estimate of drug-likeness (QED) is 0.314. The molecule has 0 aliphatic carbocycles. The largest absolute Gasteiger partial charge is 0.480 e. The van der Waals surface area contributed by atoms with Crippen LogP contribution in [0.3, 0.4) is 0 Å². The Morgan fingerprint density at radius 3 is 1.86 bits per heavy atom. The Balaban J connectivity index is 3.22. The number of carboxylic acids is 1. The molecule has 1 aromatic rings. The van der Waals surface area contributed by atoms with Gasteiger partial charge in [0.15, 0.2) is 11.5 Å². The molecule has 0 fully saturated rings. The molecule has 0 aliphatic rings. The van der Waals surface area contributed by atoms with Gasteiger partial charge in [0.05, 0.1) is 10.8 Å². The predicted molar refractivity (Wildman–Crippen MR) is 139 cm³/mol. The van der Waals surface area contributed by atoms with Crippen molar-refractivity contribution in [1.29, 1.82) is 0 Å². The van der Waals surface area contributed by atoms with Crippen LogP contribution in [0.2, 0.25) is 0 Å². The molecule has 0 amide bonds. The van der Waals surface area contributed by atoms with Gasteiger partial charge in [-0.1, -0.05) is 19.9 Å². The minimum atomic E-state index is -1.77. The van der Waals surface area contributed by atoms with Gasteiger partial charge in [-0.2, -0.15) is 0 Å². The molecule has 9 heteroatoms. The van der Waals surface area contributed by atoms with Crippen molar-refractivity contribution >= 4 is 23.9 Å². The number of carbonyl (C=O) groups is 4. The number of carboxylic acid groups (broad SMARTS) is 1. The molecule has 0 spiro atoms. The second-order valence-electron chi connectivity index (χ2n) is 12.1. The van der Waals surface area contributed by atoms with E-state index in [-0.39, 0.29) is 30.8 Å². The van der Waals surface area contributed by atoms with E-state index in [2.05, 4.69) is 0 Å². The van der Waals surface area contributed by atoms with E-state index in [1.807, 2.05) is 13.8 Å². The molecule has 3 N–H and O–H groups in total. The van der Waals surface area contributed by atoms with Crippen LogP contribution in [-0.4, -0.2) is 40.6 Å². The lowest BCUT2D eigenvalue weighted by atomic mass is 9.86. The van der Waals surface area contributed by atoms with Gasteiger partial charge in [0, 0.05) is 19.3 Å². The number of aliphatic carboxylic acids is 1. The molecule has 37 heavy (non-hydrogen) atoms. The van der Waals surface area contributed by atoms with Gasteiger partial charge in [-0.05, 0) is 78.5 Å². The van der Waals surface area contributed by atoms with Crippen molar-refractivity contribution in [2.45, 2.75) is 99.6 Å². The summed E-state index contributed by atoms with van der Waals surface area (Å²) in [6.07, 6.45) is -0.104. The van der Waals surface area contributed by atoms with Crippen LogP contribution in [0.5, 0.6) is 11.5 Å². The molecule has 0 aliphatic heterocycles. The average molecular weight is 522 g/mol. The van der Waals surface area contributed by atoms with Gasteiger partial charge in [-0.25, -0.2) is 0 Å². The Labute approximate surface area is 220 Å². The van der Waals surface area contributed by atoms with E-state index in [0.717, 1.165) is 0 Å². The summed E-state index contributed by atoms with van der Waals surface area (Å²) in [5.74, 6) is -2.41. The molecule has 0 saturated heterocycles. The zero-order valence-corrected chi connectivity index (χ0v) is 23.6. The van der Waals surface area contributed by atoms with E-state index in [0.29, 0.717) is 17.9 Å².